The SMILES string of the molecule is CCn1cc([C@H]2CN(C(=O)Cc3ccc(-n4cccc4)cc3)CCO2)cn1. The van der Waals surface area contributed by atoms with Gasteiger partial charge in [0, 0.05) is 42.9 Å². The number of carbonyl (C=O) groups excluding carboxylic acids is 1. The van der Waals surface area contributed by atoms with Crippen molar-refractivity contribution >= 4 is 5.91 Å². The molecule has 0 unspecified atom stereocenters. The first-order valence-electron chi connectivity index (χ1n) is 9.37. The summed E-state index contributed by atoms with van der Waals surface area (Å²) in [5, 5.41) is 4.31. The number of amides is 1. The van der Waals surface area contributed by atoms with Gasteiger partial charge in [0.1, 0.15) is 6.10 Å². The Balaban J connectivity index is 1.38. The Morgan fingerprint density at radius 2 is 2.00 bits per heavy atom. The molecule has 0 N–H and O–H groups in total. The lowest BCUT2D eigenvalue weighted by molar-refractivity contribution is -0.138. The van der Waals surface area contributed by atoms with Gasteiger partial charge in [0.05, 0.1) is 25.8 Å². The molecule has 3 heterocycles. The zero-order valence-corrected chi connectivity index (χ0v) is 15.5. The molecule has 2 aromatic heterocycles. The number of rotatable bonds is 5. The van der Waals surface area contributed by atoms with Crippen LogP contribution in [-0.2, 0) is 22.5 Å². The maximum absolute atomic E-state index is 12.8. The predicted molar refractivity (Wildman–Crippen MR) is 103 cm³/mol. The standard InChI is InChI=1S/C21H24N4O2/c1-2-25-15-18(14-22-25)20-16-24(11-12-27-20)21(26)13-17-5-7-19(8-6-17)23-9-3-4-10-23/h3-10,14-15,20H,2,11-13,16H2,1H3/t20-/m1/s1. The van der Waals surface area contributed by atoms with Crippen molar-refractivity contribution in [3.8, 4) is 5.69 Å². The number of hydrogen-bond donors (Lipinski definition) is 0. The van der Waals surface area contributed by atoms with Gasteiger partial charge in [0.25, 0.3) is 0 Å². The van der Waals surface area contributed by atoms with E-state index in [1.165, 1.54) is 0 Å². The lowest BCUT2D eigenvalue weighted by Crippen LogP contribution is -2.42. The third-order valence-corrected chi connectivity index (χ3v) is 4.96. The fourth-order valence-electron chi connectivity index (χ4n) is 3.38. The first-order valence-corrected chi connectivity index (χ1v) is 9.37. The molecule has 1 aromatic carbocycles. The van der Waals surface area contributed by atoms with Gasteiger partial charge in [-0.25, -0.2) is 0 Å². The minimum Gasteiger partial charge on any atom is -0.370 e. The van der Waals surface area contributed by atoms with E-state index in [0.717, 1.165) is 23.4 Å². The highest BCUT2D eigenvalue weighted by molar-refractivity contribution is 5.79. The topological polar surface area (TPSA) is 52.3 Å². The molecule has 0 bridgehead atoms. The molecule has 3 aromatic rings. The van der Waals surface area contributed by atoms with E-state index in [1.807, 2.05) is 70.8 Å². The number of hydrogen-bond acceptors (Lipinski definition) is 3. The summed E-state index contributed by atoms with van der Waals surface area (Å²) < 4.78 is 9.79. The monoisotopic (exact) mass is 364 g/mol. The van der Waals surface area contributed by atoms with Crippen LogP contribution in [0.4, 0.5) is 0 Å². The van der Waals surface area contributed by atoms with Crippen LogP contribution in [-0.4, -0.2) is 44.9 Å². The first kappa shape index (κ1) is 17.5. The summed E-state index contributed by atoms with van der Waals surface area (Å²) in [6, 6.07) is 12.1. The number of aromatic nitrogens is 3. The molecular formula is C21H24N4O2. The van der Waals surface area contributed by atoms with Crippen LogP contribution in [0.15, 0.2) is 61.2 Å². The van der Waals surface area contributed by atoms with Gasteiger partial charge in [-0.15, -0.1) is 0 Å². The maximum Gasteiger partial charge on any atom is 0.227 e. The summed E-state index contributed by atoms with van der Waals surface area (Å²) in [6.07, 6.45) is 8.16. The normalized spacial score (nSPS) is 17.2. The van der Waals surface area contributed by atoms with Crippen LogP contribution in [0.1, 0.15) is 24.2 Å². The summed E-state index contributed by atoms with van der Waals surface area (Å²) in [6.45, 7) is 4.65. The van der Waals surface area contributed by atoms with E-state index >= 15 is 0 Å². The van der Waals surface area contributed by atoms with Crippen LogP contribution in [0.3, 0.4) is 0 Å². The minimum absolute atomic E-state index is 0.0980. The second-order valence-corrected chi connectivity index (χ2v) is 6.76. The summed E-state index contributed by atoms with van der Waals surface area (Å²) in [5.74, 6) is 0.139. The van der Waals surface area contributed by atoms with Gasteiger partial charge >= 0.3 is 0 Å². The highest BCUT2D eigenvalue weighted by Crippen LogP contribution is 2.22. The Hall–Kier alpha value is -2.86. The number of nitrogens with zero attached hydrogens (tertiary/aromatic N) is 4. The van der Waals surface area contributed by atoms with E-state index < -0.39 is 0 Å². The fraction of sp³-hybridized carbons (Fsp3) is 0.333. The van der Waals surface area contributed by atoms with Gasteiger partial charge in [0.2, 0.25) is 5.91 Å². The lowest BCUT2D eigenvalue weighted by Gasteiger charge is -2.32. The largest absolute Gasteiger partial charge is 0.370 e. The quantitative estimate of drug-likeness (QED) is 0.700. The molecule has 4 rings (SSSR count). The smallest absolute Gasteiger partial charge is 0.227 e. The van der Waals surface area contributed by atoms with Crippen molar-refractivity contribution in [2.24, 2.45) is 0 Å². The average molecular weight is 364 g/mol. The highest BCUT2D eigenvalue weighted by atomic mass is 16.5. The molecule has 1 aliphatic heterocycles. The molecule has 0 aliphatic carbocycles. The molecule has 0 spiro atoms. The van der Waals surface area contributed by atoms with Crippen LogP contribution in [0.25, 0.3) is 5.69 Å². The van der Waals surface area contributed by atoms with Crippen LogP contribution >= 0.6 is 0 Å². The van der Waals surface area contributed by atoms with Crippen molar-refractivity contribution in [1.82, 2.24) is 19.2 Å². The number of benzene rings is 1. The van der Waals surface area contributed by atoms with Crippen molar-refractivity contribution in [2.45, 2.75) is 26.0 Å². The average Bonchev–Trinajstić information content (AvgIpc) is 3.41. The molecule has 1 aliphatic rings. The van der Waals surface area contributed by atoms with E-state index in [2.05, 4.69) is 16.6 Å². The van der Waals surface area contributed by atoms with Crippen molar-refractivity contribution in [3.05, 3.63) is 72.3 Å². The number of ether oxygens (including phenoxy) is 1. The molecule has 140 valence electrons. The lowest BCUT2D eigenvalue weighted by atomic mass is 10.1. The van der Waals surface area contributed by atoms with Crippen LogP contribution in [0.5, 0.6) is 0 Å². The van der Waals surface area contributed by atoms with Gasteiger partial charge in [-0.1, -0.05) is 12.1 Å². The molecule has 1 amide bonds. The van der Waals surface area contributed by atoms with Crippen molar-refractivity contribution in [2.75, 3.05) is 19.7 Å². The third kappa shape index (κ3) is 3.95. The van der Waals surface area contributed by atoms with E-state index in [4.69, 9.17) is 4.74 Å². The molecule has 6 nitrogen and oxygen atoms in total. The van der Waals surface area contributed by atoms with Crippen molar-refractivity contribution in [1.29, 1.82) is 0 Å². The highest BCUT2D eigenvalue weighted by Gasteiger charge is 2.26. The van der Waals surface area contributed by atoms with Gasteiger partial charge in [-0.2, -0.15) is 5.10 Å². The first-order chi connectivity index (χ1) is 13.2. The number of aryl methyl sites for hydroxylation is 1. The zero-order chi connectivity index (χ0) is 18.6. The molecule has 6 heteroatoms. The Kier molecular flexibility index (Phi) is 5.07. The Morgan fingerprint density at radius 1 is 1.22 bits per heavy atom. The predicted octanol–water partition coefficient (Wildman–Crippen LogP) is 2.84. The van der Waals surface area contributed by atoms with Gasteiger partial charge in [0.15, 0.2) is 0 Å². The number of carbonyl (C=O) groups is 1. The van der Waals surface area contributed by atoms with E-state index in [9.17, 15) is 4.79 Å². The molecule has 1 fully saturated rings. The molecule has 1 saturated heterocycles. The van der Waals surface area contributed by atoms with Crippen LogP contribution < -0.4 is 0 Å². The second-order valence-electron chi connectivity index (χ2n) is 6.76. The fourth-order valence-corrected chi connectivity index (χ4v) is 3.38. The zero-order valence-electron chi connectivity index (χ0n) is 15.5. The molecule has 1 atom stereocenters. The summed E-state index contributed by atoms with van der Waals surface area (Å²) in [5.41, 5.74) is 3.15. The molecule has 27 heavy (non-hydrogen) atoms. The summed E-state index contributed by atoms with van der Waals surface area (Å²) >= 11 is 0. The van der Waals surface area contributed by atoms with Gasteiger partial charge in [-0.05, 0) is 36.8 Å². The molecule has 0 saturated carbocycles. The molecular weight excluding hydrogens is 340 g/mol. The summed E-state index contributed by atoms with van der Waals surface area (Å²) in [4.78, 5) is 14.7. The van der Waals surface area contributed by atoms with Crippen LogP contribution in [0.2, 0.25) is 0 Å². The van der Waals surface area contributed by atoms with Crippen molar-refractivity contribution < 1.29 is 9.53 Å². The third-order valence-electron chi connectivity index (χ3n) is 4.96. The number of morpholine rings is 1. The van der Waals surface area contributed by atoms with Gasteiger partial charge < -0.3 is 14.2 Å². The van der Waals surface area contributed by atoms with E-state index in [1.54, 1.807) is 0 Å². The second kappa shape index (κ2) is 7.80. The maximum atomic E-state index is 12.8. The Morgan fingerprint density at radius 3 is 2.70 bits per heavy atom. The van der Waals surface area contributed by atoms with Crippen LogP contribution in [0, 0.1) is 0 Å². The molecule has 0 radical (unpaired) electrons. The Labute approximate surface area is 159 Å². The summed E-state index contributed by atoms with van der Waals surface area (Å²) in [7, 11) is 0. The van der Waals surface area contributed by atoms with E-state index in [0.29, 0.717) is 26.1 Å². The van der Waals surface area contributed by atoms with E-state index in [-0.39, 0.29) is 12.0 Å². The Bertz CT molecular complexity index is 883. The minimum atomic E-state index is -0.0980. The van der Waals surface area contributed by atoms with Gasteiger partial charge in [-0.3, -0.25) is 9.48 Å². The van der Waals surface area contributed by atoms with Crippen molar-refractivity contribution in [3.63, 3.8) is 0 Å².